The molecule has 1 aliphatic rings. The maximum absolute atomic E-state index is 12.4. The van der Waals surface area contributed by atoms with Crippen molar-refractivity contribution in [3.05, 3.63) is 58.5 Å². The summed E-state index contributed by atoms with van der Waals surface area (Å²) in [5, 5.41) is 0. The van der Waals surface area contributed by atoms with Gasteiger partial charge in [0.05, 0.1) is 25.2 Å². The topological polar surface area (TPSA) is 48.0 Å². The summed E-state index contributed by atoms with van der Waals surface area (Å²) < 4.78 is 17.9. The fraction of sp³-hybridized carbons (Fsp3) is 0.360. The van der Waals surface area contributed by atoms with Gasteiger partial charge in [-0.2, -0.15) is 0 Å². The van der Waals surface area contributed by atoms with Crippen molar-refractivity contribution in [2.45, 2.75) is 32.6 Å². The number of likely N-dealkylation sites (N-methyl/N-ethyl adjacent to an activating group) is 1. The first kappa shape index (κ1) is 24.1. The van der Waals surface area contributed by atoms with Crippen molar-refractivity contribution in [2.24, 2.45) is 0 Å². The van der Waals surface area contributed by atoms with E-state index in [2.05, 4.69) is 26.0 Å². The van der Waals surface area contributed by atoms with E-state index in [9.17, 15) is 4.79 Å². The maximum atomic E-state index is 12.4. The lowest BCUT2D eigenvalue weighted by molar-refractivity contribution is -0.121. The molecule has 1 heterocycles. The van der Waals surface area contributed by atoms with E-state index in [1.807, 2.05) is 30.3 Å². The Balaban J connectivity index is 1.59. The molecule has 1 saturated heterocycles. The van der Waals surface area contributed by atoms with Crippen LogP contribution in [0.25, 0.3) is 6.08 Å². The molecule has 1 unspecified atom stereocenters. The van der Waals surface area contributed by atoms with E-state index in [0.29, 0.717) is 46.3 Å². The third-order valence-electron chi connectivity index (χ3n) is 5.37. The molecule has 5 nitrogen and oxygen atoms in total. The number of benzene rings is 2. The Morgan fingerprint density at radius 3 is 2.47 bits per heavy atom. The molecule has 1 atom stereocenters. The number of amides is 1. The van der Waals surface area contributed by atoms with Gasteiger partial charge >= 0.3 is 0 Å². The summed E-state index contributed by atoms with van der Waals surface area (Å²) >= 11 is 6.50. The zero-order valence-corrected chi connectivity index (χ0v) is 20.6. The van der Waals surface area contributed by atoms with Gasteiger partial charge in [0.1, 0.15) is 10.1 Å². The van der Waals surface area contributed by atoms with Gasteiger partial charge in [-0.1, -0.05) is 62.1 Å². The summed E-state index contributed by atoms with van der Waals surface area (Å²) in [4.78, 5) is 14.4. The fourth-order valence-corrected chi connectivity index (χ4v) is 4.37. The van der Waals surface area contributed by atoms with Crippen LogP contribution < -0.4 is 14.2 Å². The highest BCUT2D eigenvalue weighted by Crippen LogP contribution is 2.37. The highest BCUT2D eigenvalue weighted by Gasteiger charge is 2.29. The van der Waals surface area contributed by atoms with Crippen LogP contribution in [0.5, 0.6) is 17.2 Å². The number of methoxy groups -OCH3 is 1. The van der Waals surface area contributed by atoms with Crippen LogP contribution in [0.2, 0.25) is 0 Å². The maximum Gasteiger partial charge on any atom is 0.265 e. The molecule has 170 valence electrons. The second-order valence-electron chi connectivity index (χ2n) is 7.55. The van der Waals surface area contributed by atoms with E-state index in [1.54, 1.807) is 20.2 Å². The van der Waals surface area contributed by atoms with Crippen molar-refractivity contribution >= 4 is 40.3 Å². The van der Waals surface area contributed by atoms with Crippen molar-refractivity contribution in [1.82, 2.24) is 4.90 Å². The second-order valence-corrected chi connectivity index (χ2v) is 9.22. The Morgan fingerprint density at radius 2 is 1.84 bits per heavy atom. The molecule has 2 aromatic rings. The van der Waals surface area contributed by atoms with Crippen LogP contribution >= 0.6 is 24.0 Å². The van der Waals surface area contributed by atoms with Crippen molar-refractivity contribution in [2.75, 3.05) is 27.4 Å². The van der Waals surface area contributed by atoms with Gasteiger partial charge in [-0.25, -0.2) is 0 Å². The molecule has 1 fully saturated rings. The number of ether oxygens (including phenoxy) is 3. The zero-order chi connectivity index (χ0) is 23.1. The Bertz CT molecular complexity index is 988. The number of rotatable bonds is 10. The van der Waals surface area contributed by atoms with E-state index < -0.39 is 0 Å². The molecule has 2 aromatic carbocycles. The van der Waals surface area contributed by atoms with Gasteiger partial charge in [0.25, 0.3) is 5.91 Å². The van der Waals surface area contributed by atoms with Gasteiger partial charge in [0, 0.05) is 19.0 Å². The molecule has 0 bridgehead atoms. The fourth-order valence-electron chi connectivity index (χ4n) is 3.20. The largest absolute Gasteiger partial charge is 0.493 e. The molecule has 1 aliphatic heterocycles. The van der Waals surface area contributed by atoms with Crippen LogP contribution in [0, 0.1) is 0 Å². The number of hydrogen-bond donors (Lipinski definition) is 0. The summed E-state index contributed by atoms with van der Waals surface area (Å²) in [6.07, 6.45) is 3.63. The summed E-state index contributed by atoms with van der Waals surface area (Å²) in [7, 11) is 3.28. The Morgan fingerprint density at radius 1 is 1.12 bits per heavy atom. The SMILES string of the molecule is CCC(C)c1ccc(OCCCOc2c(/C=C3\SC(=S)N(C)C3=O)cccc2OC)cc1. The van der Waals surface area contributed by atoms with Crippen molar-refractivity contribution in [3.8, 4) is 17.2 Å². The lowest BCUT2D eigenvalue weighted by Crippen LogP contribution is -2.22. The van der Waals surface area contributed by atoms with E-state index >= 15 is 0 Å². The molecule has 7 heteroatoms. The van der Waals surface area contributed by atoms with Crippen molar-refractivity contribution < 1.29 is 19.0 Å². The van der Waals surface area contributed by atoms with Gasteiger partial charge in [-0.15, -0.1) is 0 Å². The van der Waals surface area contributed by atoms with Gasteiger partial charge in [0.15, 0.2) is 11.5 Å². The first-order valence-electron chi connectivity index (χ1n) is 10.7. The van der Waals surface area contributed by atoms with Crippen molar-refractivity contribution in [3.63, 3.8) is 0 Å². The lowest BCUT2D eigenvalue weighted by atomic mass is 9.99. The number of para-hydroxylation sites is 1. The van der Waals surface area contributed by atoms with Crippen LogP contribution in [0.15, 0.2) is 47.4 Å². The second kappa shape index (κ2) is 11.4. The minimum atomic E-state index is -0.110. The normalized spacial score (nSPS) is 15.9. The van der Waals surface area contributed by atoms with E-state index in [1.165, 1.54) is 22.2 Å². The van der Waals surface area contributed by atoms with E-state index in [0.717, 1.165) is 17.7 Å². The van der Waals surface area contributed by atoms with Crippen LogP contribution in [0.3, 0.4) is 0 Å². The van der Waals surface area contributed by atoms with Gasteiger partial charge < -0.3 is 14.2 Å². The predicted octanol–water partition coefficient (Wildman–Crippen LogP) is 5.89. The summed E-state index contributed by atoms with van der Waals surface area (Å²) in [6.45, 7) is 5.42. The number of hydrogen-bond acceptors (Lipinski definition) is 6. The smallest absolute Gasteiger partial charge is 0.265 e. The molecule has 32 heavy (non-hydrogen) atoms. The number of thiocarbonyl (C=S) groups is 1. The molecule has 0 radical (unpaired) electrons. The number of carbonyl (C=O) groups is 1. The first-order valence-corrected chi connectivity index (χ1v) is 11.9. The summed E-state index contributed by atoms with van der Waals surface area (Å²) in [6, 6.07) is 13.9. The zero-order valence-electron chi connectivity index (χ0n) is 18.9. The summed E-state index contributed by atoms with van der Waals surface area (Å²) in [5.74, 6) is 2.52. The summed E-state index contributed by atoms with van der Waals surface area (Å²) in [5.41, 5.74) is 2.10. The van der Waals surface area contributed by atoms with E-state index in [-0.39, 0.29) is 5.91 Å². The van der Waals surface area contributed by atoms with Gasteiger partial charge in [-0.05, 0) is 42.2 Å². The number of thioether (sulfide) groups is 1. The predicted molar refractivity (Wildman–Crippen MR) is 135 cm³/mol. The molecule has 3 rings (SSSR count). The van der Waals surface area contributed by atoms with Crippen LogP contribution in [0.1, 0.15) is 43.7 Å². The first-order chi connectivity index (χ1) is 15.4. The molecule has 0 spiro atoms. The molecule has 1 amide bonds. The third kappa shape index (κ3) is 5.84. The quantitative estimate of drug-likeness (QED) is 0.245. The lowest BCUT2D eigenvalue weighted by Gasteiger charge is -2.14. The van der Waals surface area contributed by atoms with Crippen molar-refractivity contribution in [1.29, 1.82) is 0 Å². The molecule has 0 saturated carbocycles. The highest BCUT2D eigenvalue weighted by molar-refractivity contribution is 8.26. The minimum absolute atomic E-state index is 0.110. The number of nitrogens with zero attached hydrogens (tertiary/aromatic N) is 1. The number of carbonyl (C=O) groups excluding carboxylic acids is 1. The molecular weight excluding hydrogens is 442 g/mol. The van der Waals surface area contributed by atoms with Gasteiger partial charge in [0.2, 0.25) is 0 Å². The Hall–Kier alpha value is -2.51. The standard InChI is InChI=1S/C25H29NO4S2/c1-5-17(2)18-10-12-20(13-11-18)29-14-7-15-30-23-19(8-6-9-21(23)28-4)16-22-24(27)26(3)25(31)32-22/h6,8-13,16-17H,5,7,14-15H2,1-4H3/b22-16-. The molecule has 0 aliphatic carbocycles. The molecular formula is C25H29NO4S2. The van der Waals surface area contributed by atoms with Crippen LogP contribution in [-0.2, 0) is 4.79 Å². The molecule has 0 N–H and O–H groups in total. The Labute approximate surface area is 199 Å². The Kier molecular flexibility index (Phi) is 8.59. The van der Waals surface area contributed by atoms with Gasteiger partial charge in [-0.3, -0.25) is 9.69 Å². The van der Waals surface area contributed by atoms with Crippen LogP contribution in [0.4, 0.5) is 0 Å². The molecule has 0 aromatic heterocycles. The van der Waals surface area contributed by atoms with Crippen LogP contribution in [-0.4, -0.2) is 42.5 Å². The highest BCUT2D eigenvalue weighted by atomic mass is 32.2. The average molecular weight is 472 g/mol. The third-order valence-corrected chi connectivity index (χ3v) is 6.85. The average Bonchev–Trinajstić information content (AvgIpc) is 3.05. The monoisotopic (exact) mass is 471 g/mol. The van der Waals surface area contributed by atoms with E-state index in [4.69, 9.17) is 26.4 Å². The minimum Gasteiger partial charge on any atom is -0.493 e.